The lowest BCUT2D eigenvalue weighted by Gasteiger charge is -2.12. The van der Waals surface area contributed by atoms with Crippen molar-refractivity contribution < 1.29 is 26.7 Å². The van der Waals surface area contributed by atoms with Gasteiger partial charge >= 0.3 is 5.76 Å². The Morgan fingerprint density at radius 1 is 0.963 bits per heavy atom. The Morgan fingerprint density at radius 3 is 2.37 bits per heavy atom. The van der Waals surface area contributed by atoms with Crippen LogP contribution in [-0.4, -0.2) is 26.7 Å². The maximum Gasteiger partial charge on any atom is 0.341 e. The highest BCUT2D eigenvalue weighted by molar-refractivity contribution is 7.91. The van der Waals surface area contributed by atoms with E-state index in [0.29, 0.717) is 5.75 Å². The molecule has 0 aliphatic carbocycles. The Morgan fingerprint density at radius 2 is 1.63 bits per heavy atom. The molecule has 0 unspecified atom stereocenters. The van der Waals surface area contributed by atoms with Crippen molar-refractivity contribution in [3.05, 3.63) is 66.7 Å². The van der Waals surface area contributed by atoms with Crippen LogP contribution in [0.15, 0.2) is 71.6 Å². The molecule has 8 heteroatoms. The number of ether oxygens (including phenoxy) is 1. The molecule has 3 aromatic carbocycles. The molecule has 0 bridgehead atoms. The lowest BCUT2D eigenvalue weighted by atomic mass is 10.1. The Hall–Kier alpha value is -3.00. The van der Waals surface area contributed by atoms with Gasteiger partial charge in [0.1, 0.15) is 5.75 Å². The molecule has 5 nitrogen and oxygen atoms in total. The van der Waals surface area contributed by atoms with Gasteiger partial charge in [0.15, 0.2) is 6.61 Å². The third kappa shape index (κ3) is 4.22. The first-order valence-corrected chi connectivity index (χ1v) is 9.45. The molecule has 0 saturated heterocycles. The van der Waals surface area contributed by atoms with Gasteiger partial charge in [0.25, 0.3) is 5.91 Å². The van der Waals surface area contributed by atoms with Crippen molar-refractivity contribution in [1.29, 1.82) is 0 Å². The monoisotopic (exact) mass is 391 g/mol. The average molecular weight is 391 g/mol. The number of amides is 1. The summed E-state index contributed by atoms with van der Waals surface area (Å²) in [6.45, 7) is -0.401. The van der Waals surface area contributed by atoms with Crippen LogP contribution in [0, 0.1) is 0 Å². The fourth-order valence-electron chi connectivity index (χ4n) is 2.51. The number of hydrogen-bond acceptors (Lipinski definition) is 4. The van der Waals surface area contributed by atoms with Gasteiger partial charge in [0.2, 0.25) is 9.84 Å². The minimum Gasteiger partial charge on any atom is -0.484 e. The van der Waals surface area contributed by atoms with Crippen LogP contribution >= 0.6 is 0 Å². The first kappa shape index (κ1) is 18.8. The van der Waals surface area contributed by atoms with E-state index in [1.54, 1.807) is 12.1 Å². The van der Waals surface area contributed by atoms with E-state index < -0.39 is 33.0 Å². The number of benzene rings is 3. The number of carbonyl (C=O) groups is 1. The number of carbonyl (C=O) groups excluding carboxylic acids is 1. The largest absolute Gasteiger partial charge is 0.484 e. The van der Waals surface area contributed by atoms with Crippen LogP contribution in [0.4, 0.5) is 14.5 Å². The molecule has 0 fully saturated rings. The Kier molecular flexibility index (Phi) is 5.36. The molecule has 3 aromatic rings. The van der Waals surface area contributed by atoms with Gasteiger partial charge in [-0.05, 0) is 35.0 Å². The number of anilines is 1. The van der Waals surface area contributed by atoms with Crippen molar-refractivity contribution in [1.82, 2.24) is 0 Å². The molecule has 0 spiro atoms. The lowest BCUT2D eigenvalue weighted by molar-refractivity contribution is -0.118. The van der Waals surface area contributed by atoms with E-state index >= 15 is 0 Å². The predicted octanol–water partition coefficient (Wildman–Crippen LogP) is 3.85. The van der Waals surface area contributed by atoms with Crippen LogP contribution in [0.5, 0.6) is 5.75 Å². The Labute approximate surface area is 154 Å². The normalized spacial score (nSPS) is 11.5. The Balaban J connectivity index is 1.71. The maximum atomic E-state index is 12.8. The van der Waals surface area contributed by atoms with E-state index in [1.165, 1.54) is 18.2 Å². The summed E-state index contributed by atoms with van der Waals surface area (Å²) in [5.74, 6) is -3.79. The fourth-order valence-corrected chi connectivity index (χ4v) is 3.39. The predicted molar refractivity (Wildman–Crippen MR) is 97.7 cm³/mol. The van der Waals surface area contributed by atoms with Gasteiger partial charge in [-0.3, -0.25) is 4.79 Å². The van der Waals surface area contributed by atoms with Crippen LogP contribution in [0.1, 0.15) is 0 Å². The lowest BCUT2D eigenvalue weighted by Crippen LogP contribution is -2.22. The topological polar surface area (TPSA) is 72.5 Å². The van der Waals surface area contributed by atoms with Gasteiger partial charge in [-0.15, -0.1) is 0 Å². The summed E-state index contributed by atoms with van der Waals surface area (Å²) < 4.78 is 54.4. The SMILES string of the molecule is O=C(COc1ccc2ccccc2c1)Nc1ccccc1S(=O)(=O)C(F)F. The molecule has 0 radical (unpaired) electrons. The summed E-state index contributed by atoms with van der Waals surface area (Å²) in [4.78, 5) is 11.4. The third-order valence-electron chi connectivity index (χ3n) is 3.79. The van der Waals surface area contributed by atoms with Crippen LogP contribution in [0.3, 0.4) is 0 Å². The molecule has 0 aliphatic heterocycles. The van der Waals surface area contributed by atoms with Crippen molar-refractivity contribution in [2.75, 3.05) is 11.9 Å². The molecule has 1 amide bonds. The smallest absolute Gasteiger partial charge is 0.341 e. The molecule has 27 heavy (non-hydrogen) atoms. The van der Waals surface area contributed by atoms with E-state index in [2.05, 4.69) is 5.32 Å². The molecular weight excluding hydrogens is 376 g/mol. The summed E-state index contributed by atoms with van der Waals surface area (Å²) in [5, 5.41) is 4.25. The number of sulfone groups is 1. The van der Waals surface area contributed by atoms with Crippen molar-refractivity contribution in [3.63, 3.8) is 0 Å². The summed E-state index contributed by atoms with van der Waals surface area (Å²) in [5.41, 5.74) is -0.218. The minimum atomic E-state index is -4.83. The van der Waals surface area contributed by atoms with Crippen molar-refractivity contribution in [2.24, 2.45) is 0 Å². The molecule has 0 aromatic heterocycles. The summed E-state index contributed by atoms with van der Waals surface area (Å²) in [7, 11) is -4.83. The van der Waals surface area contributed by atoms with Gasteiger partial charge in [0.05, 0.1) is 10.6 Å². The number of nitrogens with one attached hydrogen (secondary N) is 1. The van der Waals surface area contributed by atoms with Crippen molar-refractivity contribution >= 4 is 32.2 Å². The van der Waals surface area contributed by atoms with E-state index in [9.17, 15) is 22.0 Å². The highest BCUT2D eigenvalue weighted by Crippen LogP contribution is 2.26. The number of hydrogen-bond donors (Lipinski definition) is 1. The van der Waals surface area contributed by atoms with Crippen molar-refractivity contribution in [3.8, 4) is 5.75 Å². The number of alkyl halides is 2. The summed E-state index contributed by atoms with van der Waals surface area (Å²) in [6.07, 6.45) is 0. The van der Waals surface area contributed by atoms with Crippen LogP contribution in [0.2, 0.25) is 0 Å². The fraction of sp³-hybridized carbons (Fsp3) is 0.105. The molecule has 0 heterocycles. The second-order valence-corrected chi connectivity index (χ2v) is 7.53. The van der Waals surface area contributed by atoms with E-state index in [0.717, 1.165) is 16.8 Å². The van der Waals surface area contributed by atoms with E-state index in [-0.39, 0.29) is 5.69 Å². The zero-order valence-electron chi connectivity index (χ0n) is 13.9. The summed E-state index contributed by atoms with van der Waals surface area (Å²) in [6, 6.07) is 17.9. The molecule has 0 atom stereocenters. The van der Waals surface area contributed by atoms with Gasteiger partial charge in [-0.2, -0.15) is 8.78 Å². The quantitative estimate of drug-likeness (QED) is 0.693. The maximum absolute atomic E-state index is 12.8. The highest BCUT2D eigenvalue weighted by atomic mass is 32.2. The van der Waals surface area contributed by atoms with Gasteiger partial charge in [0, 0.05) is 0 Å². The first-order valence-electron chi connectivity index (χ1n) is 7.90. The minimum absolute atomic E-state index is 0.218. The molecule has 1 N–H and O–H groups in total. The third-order valence-corrected chi connectivity index (χ3v) is 5.23. The zero-order chi connectivity index (χ0) is 19.4. The zero-order valence-corrected chi connectivity index (χ0v) is 14.7. The van der Waals surface area contributed by atoms with Crippen LogP contribution < -0.4 is 10.1 Å². The first-order chi connectivity index (χ1) is 12.9. The Bertz CT molecular complexity index is 1080. The van der Waals surface area contributed by atoms with Crippen LogP contribution in [-0.2, 0) is 14.6 Å². The van der Waals surface area contributed by atoms with Gasteiger partial charge < -0.3 is 10.1 Å². The number of halogens is 2. The second kappa shape index (κ2) is 7.71. The van der Waals surface area contributed by atoms with Gasteiger partial charge in [-0.1, -0.05) is 42.5 Å². The van der Waals surface area contributed by atoms with E-state index in [1.807, 2.05) is 30.3 Å². The number of fused-ring (bicyclic) bond motifs is 1. The molecular formula is C19H15F2NO4S. The highest BCUT2D eigenvalue weighted by Gasteiger charge is 2.29. The molecule has 0 aliphatic rings. The van der Waals surface area contributed by atoms with E-state index in [4.69, 9.17) is 4.74 Å². The standard InChI is InChI=1S/C19H15F2NO4S/c20-19(21)27(24,25)17-8-4-3-7-16(17)22-18(23)12-26-15-10-9-13-5-1-2-6-14(13)11-15/h1-11,19H,12H2,(H,22,23). The molecule has 140 valence electrons. The second-order valence-electron chi connectivity index (χ2n) is 5.65. The summed E-state index contributed by atoms with van der Waals surface area (Å²) >= 11 is 0. The number of para-hydroxylation sites is 1. The molecule has 0 saturated carbocycles. The van der Waals surface area contributed by atoms with Crippen molar-refractivity contribution in [2.45, 2.75) is 10.7 Å². The number of rotatable bonds is 6. The molecule has 3 rings (SSSR count). The van der Waals surface area contributed by atoms with Crippen LogP contribution in [0.25, 0.3) is 10.8 Å². The average Bonchev–Trinajstić information content (AvgIpc) is 2.66. The van der Waals surface area contributed by atoms with Gasteiger partial charge in [-0.25, -0.2) is 8.42 Å².